The van der Waals surface area contributed by atoms with Crippen molar-refractivity contribution in [3.8, 4) is 0 Å². The minimum absolute atomic E-state index is 0.370. The van der Waals surface area contributed by atoms with Crippen LogP contribution in [-0.2, 0) is 11.3 Å². The molecule has 0 aliphatic heterocycles. The van der Waals surface area contributed by atoms with Crippen LogP contribution in [0.4, 0.5) is 11.4 Å². The van der Waals surface area contributed by atoms with Crippen LogP contribution in [0.25, 0.3) is 0 Å². The third-order valence-electron chi connectivity index (χ3n) is 2.63. The van der Waals surface area contributed by atoms with E-state index in [1.165, 1.54) is 0 Å². The van der Waals surface area contributed by atoms with Crippen molar-refractivity contribution in [1.29, 1.82) is 0 Å². The van der Waals surface area contributed by atoms with Gasteiger partial charge in [0.15, 0.2) is 0 Å². The number of nitrogens with two attached hydrogens (primary N) is 1. The van der Waals surface area contributed by atoms with Crippen LogP contribution in [0.1, 0.15) is 5.56 Å². The maximum absolute atomic E-state index is 5.69. The molecule has 19 heavy (non-hydrogen) atoms. The standard InChI is InChI=1S/C13H16N4OS/c1-18-7-6-17-9-10(8-15-17)16-12-5-3-2-4-11(12)13(14)19/h2-5,8-9,16H,6-7H2,1H3,(H2,14,19). The molecule has 0 fully saturated rings. The molecule has 0 aliphatic rings. The van der Waals surface area contributed by atoms with E-state index in [9.17, 15) is 0 Å². The second kappa shape index (κ2) is 6.31. The van der Waals surface area contributed by atoms with E-state index in [1.54, 1.807) is 13.3 Å². The molecule has 1 heterocycles. The van der Waals surface area contributed by atoms with Crippen LogP contribution in [0.3, 0.4) is 0 Å². The molecule has 0 spiro atoms. The van der Waals surface area contributed by atoms with E-state index in [0.717, 1.165) is 23.5 Å². The molecule has 0 amide bonds. The average molecular weight is 276 g/mol. The summed E-state index contributed by atoms with van der Waals surface area (Å²) in [5.74, 6) is 0. The lowest BCUT2D eigenvalue weighted by Crippen LogP contribution is -2.11. The number of hydrogen-bond donors (Lipinski definition) is 2. The predicted molar refractivity (Wildman–Crippen MR) is 79.7 cm³/mol. The van der Waals surface area contributed by atoms with Crippen molar-refractivity contribution >= 4 is 28.6 Å². The van der Waals surface area contributed by atoms with E-state index >= 15 is 0 Å². The quantitative estimate of drug-likeness (QED) is 0.789. The van der Waals surface area contributed by atoms with Gasteiger partial charge in [-0.25, -0.2) is 0 Å². The highest BCUT2D eigenvalue weighted by Crippen LogP contribution is 2.20. The van der Waals surface area contributed by atoms with Gasteiger partial charge in [0.25, 0.3) is 0 Å². The first-order valence-electron chi connectivity index (χ1n) is 5.88. The highest BCUT2D eigenvalue weighted by atomic mass is 32.1. The topological polar surface area (TPSA) is 65.1 Å². The average Bonchev–Trinajstić information content (AvgIpc) is 2.84. The fraction of sp³-hybridized carbons (Fsp3) is 0.231. The summed E-state index contributed by atoms with van der Waals surface area (Å²) in [6, 6.07) is 7.65. The number of ether oxygens (including phenoxy) is 1. The fourth-order valence-electron chi connectivity index (χ4n) is 1.70. The largest absolute Gasteiger partial charge is 0.389 e. The Balaban J connectivity index is 2.13. The minimum atomic E-state index is 0.370. The molecular formula is C13H16N4OS. The van der Waals surface area contributed by atoms with Crippen LogP contribution in [0.15, 0.2) is 36.7 Å². The Bertz CT molecular complexity index is 567. The zero-order chi connectivity index (χ0) is 13.7. The van der Waals surface area contributed by atoms with Crippen molar-refractivity contribution in [3.63, 3.8) is 0 Å². The first kappa shape index (κ1) is 13.5. The van der Waals surface area contributed by atoms with Crippen LogP contribution in [0.2, 0.25) is 0 Å². The van der Waals surface area contributed by atoms with Gasteiger partial charge >= 0.3 is 0 Å². The zero-order valence-corrected chi connectivity index (χ0v) is 11.5. The molecule has 0 unspecified atom stereocenters. The van der Waals surface area contributed by atoms with Gasteiger partial charge in [0, 0.05) is 24.6 Å². The molecule has 2 aromatic rings. The van der Waals surface area contributed by atoms with E-state index < -0.39 is 0 Å². The van der Waals surface area contributed by atoms with Gasteiger partial charge < -0.3 is 15.8 Å². The van der Waals surface area contributed by atoms with Crippen LogP contribution in [0, 0.1) is 0 Å². The summed E-state index contributed by atoms with van der Waals surface area (Å²) >= 11 is 5.03. The number of benzene rings is 1. The second-order valence-corrected chi connectivity index (χ2v) is 4.46. The lowest BCUT2D eigenvalue weighted by molar-refractivity contribution is 0.183. The lowest BCUT2D eigenvalue weighted by Gasteiger charge is -2.08. The van der Waals surface area contributed by atoms with Gasteiger partial charge in [-0.15, -0.1) is 0 Å². The fourth-order valence-corrected chi connectivity index (χ4v) is 1.88. The third kappa shape index (κ3) is 3.52. The number of nitrogens with zero attached hydrogens (tertiary/aromatic N) is 2. The number of rotatable bonds is 6. The molecule has 1 aromatic heterocycles. The summed E-state index contributed by atoms with van der Waals surface area (Å²) in [6.07, 6.45) is 3.67. The minimum Gasteiger partial charge on any atom is -0.389 e. The van der Waals surface area contributed by atoms with Gasteiger partial charge in [-0.1, -0.05) is 24.4 Å². The molecule has 3 N–H and O–H groups in total. The van der Waals surface area contributed by atoms with Crippen LogP contribution in [0.5, 0.6) is 0 Å². The Hall–Kier alpha value is -1.92. The molecule has 5 nitrogen and oxygen atoms in total. The molecule has 0 aliphatic carbocycles. The zero-order valence-electron chi connectivity index (χ0n) is 10.7. The Labute approximate surface area is 117 Å². The van der Waals surface area contributed by atoms with Gasteiger partial charge in [0.05, 0.1) is 25.0 Å². The SMILES string of the molecule is COCCn1cc(Nc2ccccc2C(N)=S)cn1. The Morgan fingerprint density at radius 1 is 1.47 bits per heavy atom. The number of hydrogen-bond acceptors (Lipinski definition) is 4. The molecule has 1 aromatic carbocycles. The summed E-state index contributed by atoms with van der Waals surface area (Å²) in [5.41, 5.74) is 8.28. The number of anilines is 2. The molecular weight excluding hydrogens is 260 g/mol. The van der Waals surface area contributed by atoms with Gasteiger partial charge in [-0.2, -0.15) is 5.10 Å². The lowest BCUT2D eigenvalue weighted by atomic mass is 10.2. The first-order valence-corrected chi connectivity index (χ1v) is 6.29. The number of thiocarbonyl (C=S) groups is 1. The van der Waals surface area contributed by atoms with Crippen molar-refractivity contribution in [2.24, 2.45) is 5.73 Å². The number of aromatic nitrogens is 2. The van der Waals surface area contributed by atoms with Gasteiger partial charge in [-0.05, 0) is 12.1 Å². The molecule has 2 rings (SSSR count). The van der Waals surface area contributed by atoms with Crippen molar-refractivity contribution in [2.45, 2.75) is 6.54 Å². The highest BCUT2D eigenvalue weighted by molar-refractivity contribution is 7.80. The molecule has 0 saturated heterocycles. The van der Waals surface area contributed by atoms with E-state index in [0.29, 0.717) is 11.6 Å². The maximum atomic E-state index is 5.69. The third-order valence-corrected chi connectivity index (χ3v) is 2.85. The van der Waals surface area contributed by atoms with Gasteiger partial charge in [-0.3, -0.25) is 4.68 Å². The smallest absolute Gasteiger partial charge is 0.106 e. The molecule has 0 saturated carbocycles. The Morgan fingerprint density at radius 2 is 2.26 bits per heavy atom. The molecule has 0 bridgehead atoms. The number of nitrogens with one attached hydrogen (secondary N) is 1. The van der Waals surface area contributed by atoms with E-state index in [2.05, 4.69) is 10.4 Å². The molecule has 0 atom stereocenters. The van der Waals surface area contributed by atoms with Crippen molar-refractivity contribution in [1.82, 2.24) is 9.78 Å². The van der Waals surface area contributed by atoms with Crippen molar-refractivity contribution < 1.29 is 4.74 Å². The van der Waals surface area contributed by atoms with Gasteiger partial charge in [0.2, 0.25) is 0 Å². The summed E-state index contributed by atoms with van der Waals surface area (Å²) in [6.45, 7) is 1.35. The normalized spacial score (nSPS) is 10.4. The van der Waals surface area contributed by atoms with Crippen LogP contribution < -0.4 is 11.1 Å². The summed E-state index contributed by atoms with van der Waals surface area (Å²) in [4.78, 5) is 0.370. The van der Waals surface area contributed by atoms with Crippen LogP contribution >= 0.6 is 12.2 Å². The summed E-state index contributed by atoms with van der Waals surface area (Å²) in [5, 5.41) is 7.49. The molecule has 6 heteroatoms. The summed E-state index contributed by atoms with van der Waals surface area (Å²) in [7, 11) is 1.67. The molecule has 0 radical (unpaired) electrons. The summed E-state index contributed by atoms with van der Waals surface area (Å²) < 4.78 is 6.82. The van der Waals surface area contributed by atoms with Crippen LogP contribution in [-0.4, -0.2) is 28.5 Å². The maximum Gasteiger partial charge on any atom is 0.106 e. The van der Waals surface area contributed by atoms with Gasteiger partial charge in [0.1, 0.15) is 4.99 Å². The van der Waals surface area contributed by atoms with Crippen molar-refractivity contribution in [3.05, 3.63) is 42.2 Å². The Kier molecular flexibility index (Phi) is 4.48. The van der Waals surface area contributed by atoms with E-state index in [1.807, 2.05) is 35.1 Å². The van der Waals surface area contributed by atoms with E-state index in [-0.39, 0.29) is 0 Å². The van der Waals surface area contributed by atoms with E-state index in [4.69, 9.17) is 22.7 Å². The first-order chi connectivity index (χ1) is 9.20. The number of para-hydroxylation sites is 1. The highest BCUT2D eigenvalue weighted by Gasteiger charge is 2.05. The molecule has 100 valence electrons. The Morgan fingerprint density at radius 3 is 3.00 bits per heavy atom. The number of methoxy groups -OCH3 is 1. The monoisotopic (exact) mass is 276 g/mol. The van der Waals surface area contributed by atoms with Crippen molar-refractivity contribution in [2.75, 3.05) is 19.0 Å². The predicted octanol–water partition coefficient (Wildman–Crippen LogP) is 1.91. The second-order valence-electron chi connectivity index (χ2n) is 4.02.